The fraction of sp³-hybridized carbons (Fsp3) is 1.00. The monoisotopic (exact) mass is 252 g/mol. The van der Waals surface area contributed by atoms with E-state index in [2.05, 4.69) is 0 Å². The third-order valence-corrected chi connectivity index (χ3v) is 3.64. The van der Waals surface area contributed by atoms with Gasteiger partial charge in [-0.15, -0.1) is 0 Å². The van der Waals surface area contributed by atoms with Crippen molar-refractivity contribution in [1.29, 1.82) is 0 Å². The van der Waals surface area contributed by atoms with Crippen LogP contribution in [0.1, 0.15) is 12.8 Å². The smallest absolute Gasteiger partial charge is 0.172 e. The van der Waals surface area contributed by atoms with E-state index >= 15 is 0 Å². The van der Waals surface area contributed by atoms with Crippen molar-refractivity contribution < 1.29 is 17.9 Å². The molecule has 4 atom stereocenters. The standard InChI is InChI=1S/C9H20N2O4S/c1-14-9-6(10)3-4-8(15-9)7(11)5-16(2,12)13/h6-9H,3-5,10-11H2,1-2H3/t6?,7?,8?,9-/m0/s1. The summed E-state index contributed by atoms with van der Waals surface area (Å²) in [6, 6.07) is -0.702. The Morgan fingerprint density at radius 3 is 2.62 bits per heavy atom. The number of hydrogen-bond acceptors (Lipinski definition) is 6. The molecule has 1 saturated heterocycles. The van der Waals surface area contributed by atoms with Crippen molar-refractivity contribution >= 4 is 9.84 Å². The molecule has 1 aliphatic heterocycles. The van der Waals surface area contributed by atoms with Crippen LogP contribution in [0.5, 0.6) is 0 Å². The minimum Gasteiger partial charge on any atom is -0.354 e. The molecule has 0 amide bonds. The molecule has 1 rings (SSSR count). The molecule has 0 spiro atoms. The highest BCUT2D eigenvalue weighted by Gasteiger charge is 2.33. The molecule has 0 aromatic rings. The molecule has 0 aromatic heterocycles. The Balaban J connectivity index is 2.55. The molecular formula is C9H20N2O4S. The fourth-order valence-electron chi connectivity index (χ4n) is 1.84. The molecule has 4 N–H and O–H groups in total. The van der Waals surface area contributed by atoms with Crippen LogP contribution in [0.2, 0.25) is 0 Å². The number of methoxy groups -OCH3 is 1. The number of nitrogens with two attached hydrogens (primary N) is 2. The largest absolute Gasteiger partial charge is 0.354 e. The molecule has 0 bridgehead atoms. The Morgan fingerprint density at radius 1 is 1.50 bits per heavy atom. The average Bonchev–Trinajstić information content (AvgIpc) is 2.15. The highest BCUT2D eigenvalue weighted by atomic mass is 32.2. The maximum atomic E-state index is 11.1. The summed E-state index contributed by atoms with van der Waals surface area (Å²) in [5, 5.41) is 0. The molecule has 1 fully saturated rings. The lowest BCUT2D eigenvalue weighted by Crippen LogP contribution is -2.52. The van der Waals surface area contributed by atoms with Crippen LogP contribution in [0, 0.1) is 0 Å². The van der Waals surface area contributed by atoms with E-state index in [1.165, 1.54) is 7.11 Å². The summed E-state index contributed by atoms with van der Waals surface area (Å²) in [7, 11) is -1.58. The summed E-state index contributed by atoms with van der Waals surface area (Å²) in [6.07, 6.45) is 1.75. The second-order valence-electron chi connectivity index (χ2n) is 4.28. The van der Waals surface area contributed by atoms with Crippen LogP contribution >= 0.6 is 0 Å². The van der Waals surface area contributed by atoms with Crippen molar-refractivity contribution in [2.75, 3.05) is 19.1 Å². The Morgan fingerprint density at radius 2 is 2.12 bits per heavy atom. The minimum absolute atomic E-state index is 0.0800. The van der Waals surface area contributed by atoms with Crippen LogP contribution in [0.4, 0.5) is 0 Å². The fourth-order valence-corrected chi connectivity index (χ4v) is 2.75. The first kappa shape index (κ1) is 13.9. The quantitative estimate of drug-likeness (QED) is 0.654. The predicted molar refractivity (Wildman–Crippen MR) is 60.6 cm³/mol. The normalized spacial score (nSPS) is 33.6. The molecule has 6 nitrogen and oxygen atoms in total. The van der Waals surface area contributed by atoms with E-state index < -0.39 is 22.2 Å². The third-order valence-electron chi connectivity index (χ3n) is 2.65. The van der Waals surface area contributed by atoms with Crippen molar-refractivity contribution in [3.8, 4) is 0 Å². The summed E-state index contributed by atoms with van der Waals surface area (Å²) in [5.41, 5.74) is 11.6. The zero-order chi connectivity index (χ0) is 12.3. The van der Waals surface area contributed by atoms with Gasteiger partial charge in [0, 0.05) is 19.4 Å². The van der Waals surface area contributed by atoms with Crippen molar-refractivity contribution in [1.82, 2.24) is 0 Å². The first-order valence-electron chi connectivity index (χ1n) is 5.20. The van der Waals surface area contributed by atoms with Gasteiger partial charge in [0.15, 0.2) is 6.29 Å². The molecule has 1 heterocycles. The van der Waals surface area contributed by atoms with E-state index in [1.807, 2.05) is 0 Å². The lowest BCUT2D eigenvalue weighted by Gasteiger charge is -2.36. The van der Waals surface area contributed by atoms with Gasteiger partial charge in [-0.1, -0.05) is 0 Å². The summed E-state index contributed by atoms with van der Waals surface area (Å²) >= 11 is 0. The van der Waals surface area contributed by atoms with Gasteiger partial charge in [0.25, 0.3) is 0 Å². The molecule has 7 heteroatoms. The van der Waals surface area contributed by atoms with Gasteiger partial charge in [0.05, 0.1) is 17.9 Å². The lowest BCUT2D eigenvalue weighted by atomic mass is 10.0. The lowest BCUT2D eigenvalue weighted by molar-refractivity contribution is -0.192. The highest BCUT2D eigenvalue weighted by molar-refractivity contribution is 7.90. The molecular weight excluding hydrogens is 232 g/mol. The Labute approximate surface area is 96.2 Å². The number of ether oxygens (including phenoxy) is 2. The van der Waals surface area contributed by atoms with Gasteiger partial charge in [-0.05, 0) is 12.8 Å². The van der Waals surface area contributed by atoms with Crippen molar-refractivity contribution in [3.63, 3.8) is 0 Å². The summed E-state index contributed by atoms with van der Waals surface area (Å²) in [6.45, 7) is 0. The Kier molecular flexibility index (Phi) is 4.69. The zero-order valence-electron chi connectivity index (χ0n) is 9.63. The predicted octanol–water partition coefficient (Wildman–Crippen LogP) is -1.16. The molecule has 0 aromatic carbocycles. The van der Waals surface area contributed by atoms with Crippen LogP contribution in [-0.2, 0) is 19.3 Å². The van der Waals surface area contributed by atoms with E-state index in [0.29, 0.717) is 6.42 Å². The first-order chi connectivity index (χ1) is 7.33. The second-order valence-corrected chi connectivity index (χ2v) is 6.46. The SMILES string of the molecule is CO[C@H]1OC(C(N)CS(C)(=O)=O)CCC1N. The van der Waals surface area contributed by atoms with Gasteiger partial charge in [-0.2, -0.15) is 0 Å². The van der Waals surface area contributed by atoms with Crippen LogP contribution in [-0.4, -0.2) is 52.0 Å². The molecule has 0 aliphatic carbocycles. The molecule has 3 unspecified atom stereocenters. The van der Waals surface area contributed by atoms with E-state index in [4.69, 9.17) is 20.9 Å². The highest BCUT2D eigenvalue weighted by Crippen LogP contribution is 2.21. The Hall–Kier alpha value is -0.210. The number of hydrogen-bond donors (Lipinski definition) is 2. The second kappa shape index (κ2) is 5.42. The molecule has 96 valence electrons. The van der Waals surface area contributed by atoms with Gasteiger partial charge >= 0.3 is 0 Å². The number of rotatable bonds is 4. The van der Waals surface area contributed by atoms with Crippen LogP contribution in [0.15, 0.2) is 0 Å². The van der Waals surface area contributed by atoms with Crippen molar-refractivity contribution in [3.05, 3.63) is 0 Å². The van der Waals surface area contributed by atoms with Crippen LogP contribution in [0.3, 0.4) is 0 Å². The zero-order valence-corrected chi connectivity index (χ0v) is 10.4. The van der Waals surface area contributed by atoms with E-state index in [9.17, 15) is 8.42 Å². The average molecular weight is 252 g/mol. The van der Waals surface area contributed by atoms with Crippen molar-refractivity contribution in [2.24, 2.45) is 11.5 Å². The van der Waals surface area contributed by atoms with E-state index in [-0.39, 0.29) is 17.9 Å². The summed E-state index contributed by atoms with van der Waals surface area (Å²) < 4.78 is 32.8. The topological polar surface area (TPSA) is 105 Å². The van der Waals surface area contributed by atoms with Gasteiger partial charge in [0.2, 0.25) is 0 Å². The number of sulfone groups is 1. The summed E-state index contributed by atoms with van der Waals surface area (Å²) in [5.74, 6) is -0.0800. The Bertz CT molecular complexity index is 319. The molecule has 0 radical (unpaired) electrons. The van der Waals surface area contributed by atoms with Crippen molar-refractivity contribution in [2.45, 2.75) is 37.3 Å². The van der Waals surface area contributed by atoms with Gasteiger partial charge in [-0.3, -0.25) is 0 Å². The molecule has 1 aliphatic rings. The van der Waals surface area contributed by atoms with Gasteiger partial charge in [-0.25, -0.2) is 8.42 Å². The minimum atomic E-state index is -3.09. The third kappa shape index (κ3) is 3.99. The molecule has 16 heavy (non-hydrogen) atoms. The van der Waals surface area contributed by atoms with Gasteiger partial charge in [0.1, 0.15) is 9.84 Å². The maximum absolute atomic E-state index is 11.1. The molecule has 0 saturated carbocycles. The summed E-state index contributed by atoms with van der Waals surface area (Å²) in [4.78, 5) is 0. The van der Waals surface area contributed by atoms with Crippen LogP contribution < -0.4 is 11.5 Å². The maximum Gasteiger partial charge on any atom is 0.172 e. The van der Waals surface area contributed by atoms with Crippen LogP contribution in [0.25, 0.3) is 0 Å². The van der Waals surface area contributed by atoms with E-state index in [0.717, 1.165) is 12.7 Å². The first-order valence-corrected chi connectivity index (χ1v) is 7.26. The van der Waals surface area contributed by atoms with E-state index in [1.54, 1.807) is 0 Å². The van der Waals surface area contributed by atoms with Gasteiger partial charge < -0.3 is 20.9 Å².